The van der Waals surface area contributed by atoms with Crippen LogP contribution in [0.25, 0.3) is 5.69 Å². The molecule has 0 saturated heterocycles. The molecule has 2 aromatic rings. The Morgan fingerprint density at radius 2 is 2.00 bits per heavy atom. The van der Waals surface area contributed by atoms with Crippen LogP contribution in [0.1, 0.15) is 37.0 Å². The van der Waals surface area contributed by atoms with Gasteiger partial charge in [0.15, 0.2) is 0 Å². The lowest BCUT2D eigenvalue weighted by atomic mass is 10.2. The minimum atomic E-state index is -0.218. The van der Waals surface area contributed by atoms with Crippen LogP contribution in [0.15, 0.2) is 30.6 Å². The van der Waals surface area contributed by atoms with Crippen molar-refractivity contribution >= 4 is 11.8 Å². The summed E-state index contributed by atoms with van der Waals surface area (Å²) in [6.45, 7) is 4.25. The van der Waals surface area contributed by atoms with Crippen molar-refractivity contribution in [3.8, 4) is 5.69 Å². The van der Waals surface area contributed by atoms with Crippen molar-refractivity contribution in [2.75, 3.05) is 6.54 Å². The van der Waals surface area contributed by atoms with Gasteiger partial charge in [-0.2, -0.15) is 0 Å². The summed E-state index contributed by atoms with van der Waals surface area (Å²) in [5.41, 5.74) is 1.28. The van der Waals surface area contributed by atoms with E-state index in [1.165, 1.54) is 11.0 Å². The van der Waals surface area contributed by atoms with Crippen LogP contribution in [0, 0.1) is 0 Å². The molecule has 0 spiro atoms. The summed E-state index contributed by atoms with van der Waals surface area (Å²) in [5.74, 6) is -0.279. The minimum Gasteiger partial charge on any atom is -0.354 e. The highest BCUT2D eigenvalue weighted by atomic mass is 16.2. The van der Waals surface area contributed by atoms with Gasteiger partial charge in [-0.3, -0.25) is 9.59 Å². The maximum absolute atomic E-state index is 12.0. The molecule has 8 heteroatoms. The molecule has 2 N–H and O–H groups in total. The second-order valence-electron chi connectivity index (χ2n) is 5.18. The Balaban J connectivity index is 1.81. The largest absolute Gasteiger partial charge is 0.354 e. The van der Waals surface area contributed by atoms with E-state index in [0.29, 0.717) is 12.1 Å². The zero-order chi connectivity index (χ0) is 16.7. The van der Waals surface area contributed by atoms with E-state index in [9.17, 15) is 9.59 Å². The maximum atomic E-state index is 12.0. The first-order valence-electron chi connectivity index (χ1n) is 7.51. The van der Waals surface area contributed by atoms with E-state index in [4.69, 9.17) is 0 Å². The highest BCUT2D eigenvalue weighted by Gasteiger charge is 2.08. The summed E-state index contributed by atoms with van der Waals surface area (Å²) in [4.78, 5) is 23.6. The van der Waals surface area contributed by atoms with Gasteiger partial charge in [-0.15, -0.1) is 5.10 Å². The number of carbonyl (C=O) groups excluding carboxylic acids is 2. The first-order valence-corrected chi connectivity index (χ1v) is 7.51. The molecule has 0 bridgehead atoms. The molecule has 1 heterocycles. The Labute approximate surface area is 134 Å². The third-order valence-electron chi connectivity index (χ3n) is 3.40. The number of hydrogen-bond acceptors (Lipinski definition) is 5. The van der Waals surface area contributed by atoms with E-state index >= 15 is 0 Å². The molecule has 0 unspecified atom stereocenters. The highest BCUT2D eigenvalue weighted by molar-refractivity contribution is 5.94. The van der Waals surface area contributed by atoms with Gasteiger partial charge in [-0.25, -0.2) is 4.68 Å². The summed E-state index contributed by atoms with van der Waals surface area (Å²) in [6, 6.07) is 7.02. The second kappa shape index (κ2) is 8.02. The van der Waals surface area contributed by atoms with E-state index in [1.807, 2.05) is 13.8 Å². The van der Waals surface area contributed by atoms with Crippen molar-refractivity contribution in [1.82, 2.24) is 30.8 Å². The highest BCUT2D eigenvalue weighted by Crippen LogP contribution is 2.07. The predicted octanol–water partition coefficient (Wildman–Crippen LogP) is 0.697. The van der Waals surface area contributed by atoms with Crippen molar-refractivity contribution in [2.45, 2.75) is 32.7 Å². The quantitative estimate of drug-likeness (QED) is 0.783. The van der Waals surface area contributed by atoms with Gasteiger partial charge in [-0.1, -0.05) is 6.92 Å². The zero-order valence-corrected chi connectivity index (χ0v) is 13.2. The van der Waals surface area contributed by atoms with Gasteiger partial charge in [0.05, 0.1) is 5.69 Å². The number of benzene rings is 1. The van der Waals surface area contributed by atoms with Crippen LogP contribution in [-0.2, 0) is 4.79 Å². The molecule has 2 amide bonds. The fraction of sp³-hybridized carbons (Fsp3) is 0.400. The lowest BCUT2D eigenvalue weighted by Crippen LogP contribution is -2.35. The third-order valence-corrected chi connectivity index (χ3v) is 3.40. The molecule has 0 saturated carbocycles. The molecule has 0 aliphatic carbocycles. The topological polar surface area (TPSA) is 102 Å². The van der Waals surface area contributed by atoms with Gasteiger partial charge in [0.25, 0.3) is 5.91 Å². The van der Waals surface area contributed by atoms with Crippen LogP contribution >= 0.6 is 0 Å². The lowest BCUT2D eigenvalue weighted by molar-refractivity contribution is -0.121. The smallest absolute Gasteiger partial charge is 0.251 e. The Kier molecular flexibility index (Phi) is 5.79. The number of rotatable bonds is 7. The zero-order valence-electron chi connectivity index (χ0n) is 13.2. The lowest BCUT2D eigenvalue weighted by Gasteiger charge is -2.11. The molecule has 0 radical (unpaired) electrons. The SMILES string of the molecule is CC[C@@H](C)NC(=O)CCNC(=O)c1ccc(-n2cnnn2)cc1. The second-order valence-corrected chi connectivity index (χ2v) is 5.18. The van der Waals surface area contributed by atoms with Gasteiger partial charge in [0, 0.05) is 24.6 Å². The Morgan fingerprint density at radius 1 is 1.26 bits per heavy atom. The van der Waals surface area contributed by atoms with E-state index < -0.39 is 0 Å². The van der Waals surface area contributed by atoms with E-state index in [-0.39, 0.29) is 24.3 Å². The minimum absolute atomic E-state index is 0.0614. The van der Waals surface area contributed by atoms with Gasteiger partial charge >= 0.3 is 0 Å². The molecule has 0 aliphatic heterocycles. The average molecular weight is 316 g/mol. The van der Waals surface area contributed by atoms with Crippen LogP contribution < -0.4 is 10.6 Å². The first-order chi connectivity index (χ1) is 11.1. The fourth-order valence-corrected chi connectivity index (χ4v) is 1.89. The number of amides is 2. The Hall–Kier alpha value is -2.77. The van der Waals surface area contributed by atoms with E-state index in [1.54, 1.807) is 24.3 Å². The van der Waals surface area contributed by atoms with Crippen molar-refractivity contribution in [3.05, 3.63) is 36.2 Å². The van der Waals surface area contributed by atoms with Crippen molar-refractivity contribution in [2.24, 2.45) is 0 Å². The molecule has 122 valence electrons. The molecule has 1 aromatic carbocycles. The summed E-state index contributed by atoms with van der Waals surface area (Å²) in [7, 11) is 0. The van der Waals surface area contributed by atoms with Crippen LogP contribution in [-0.4, -0.2) is 44.6 Å². The molecular weight excluding hydrogens is 296 g/mol. The normalized spacial score (nSPS) is 11.7. The first kappa shape index (κ1) is 16.6. The van der Waals surface area contributed by atoms with Gasteiger partial charge in [0.1, 0.15) is 6.33 Å². The monoisotopic (exact) mass is 316 g/mol. The summed E-state index contributed by atoms with van der Waals surface area (Å²) >= 11 is 0. The molecular formula is C15H20N6O2. The van der Waals surface area contributed by atoms with Gasteiger partial charge in [0.2, 0.25) is 5.91 Å². The summed E-state index contributed by atoms with van der Waals surface area (Å²) in [6.07, 6.45) is 2.62. The maximum Gasteiger partial charge on any atom is 0.251 e. The number of nitrogens with one attached hydrogen (secondary N) is 2. The number of carbonyl (C=O) groups is 2. The molecule has 0 aliphatic rings. The van der Waals surface area contributed by atoms with Crippen molar-refractivity contribution < 1.29 is 9.59 Å². The average Bonchev–Trinajstić information content (AvgIpc) is 3.09. The number of nitrogens with zero attached hydrogens (tertiary/aromatic N) is 4. The van der Waals surface area contributed by atoms with Gasteiger partial charge in [-0.05, 0) is 48.0 Å². The number of tetrazole rings is 1. The predicted molar refractivity (Wildman–Crippen MR) is 84.0 cm³/mol. The molecule has 23 heavy (non-hydrogen) atoms. The Morgan fingerprint density at radius 3 is 2.61 bits per heavy atom. The van der Waals surface area contributed by atoms with E-state index in [2.05, 4.69) is 26.2 Å². The molecule has 0 fully saturated rings. The van der Waals surface area contributed by atoms with Crippen LogP contribution in [0.5, 0.6) is 0 Å². The van der Waals surface area contributed by atoms with E-state index in [0.717, 1.165) is 12.1 Å². The fourth-order valence-electron chi connectivity index (χ4n) is 1.89. The van der Waals surface area contributed by atoms with Crippen LogP contribution in [0.4, 0.5) is 0 Å². The molecule has 8 nitrogen and oxygen atoms in total. The molecule has 1 atom stereocenters. The number of hydrogen-bond donors (Lipinski definition) is 2. The third kappa shape index (κ3) is 4.87. The Bertz CT molecular complexity index is 638. The molecule has 2 rings (SSSR count). The summed E-state index contributed by atoms with van der Waals surface area (Å²) in [5, 5.41) is 16.5. The molecule has 1 aromatic heterocycles. The number of aromatic nitrogens is 4. The van der Waals surface area contributed by atoms with Gasteiger partial charge < -0.3 is 10.6 Å². The van der Waals surface area contributed by atoms with Crippen LogP contribution in [0.3, 0.4) is 0 Å². The van der Waals surface area contributed by atoms with Crippen molar-refractivity contribution in [1.29, 1.82) is 0 Å². The standard InChI is InChI=1S/C15H20N6O2/c1-3-11(2)18-14(22)8-9-16-15(23)12-4-6-13(7-5-12)21-10-17-19-20-21/h4-7,10-11H,3,8-9H2,1-2H3,(H,16,23)(H,18,22)/t11-/m1/s1. The van der Waals surface area contributed by atoms with Crippen LogP contribution in [0.2, 0.25) is 0 Å². The summed E-state index contributed by atoms with van der Waals surface area (Å²) < 4.78 is 1.50. The van der Waals surface area contributed by atoms with Crippen molar-refractivity contribution in [3.63, 3.8) is 0 Å².